The van der Waals surface area contributed by atoms with Crippen LogP contribution in [-0.4, -0.2) is 28.5 Å². The predicted molar refractivity (Wildman–Crippen MR) is 82.1 cm³/mol. The summed E-state index contributed by atoms with van der Waals surface area (Å²) in [4.78, 5) is 0. The van der Waals surface area contributed by atoms with Gasteiger partial charge < -0.3 is 14.6 Å². The number of aliphatic hydroxyl groups is 1. The molecule has 1 saturated heterocycles. The summed E-state index contributed by atoms with van der Waals surface area (Å²) in [7, 11) is 0. The molecule has 1 aromatic rings. The topological polar surface area (TPSA) is 42.0 Å². The highest BCUT2D eigenvalue weighted by Gasteiger charge is 2.68. The lowest BCUT2D eigenvalue weighted by atomic mass is 9.73. The van der Waals surface area contributed by atoms with Crippen LogP contribution >= 0.6 is 0 Å². The second-order valence-electron chi connectivity index (χ2n) is 7.16. The first-order valence-corrected chi connectivity index (χ1v) is 7.93. The predicted octanol–water partition coefficient (Wildman–Crippen LogP) is 3.22. The third kappa shape index (κ3) is 2.52. The van der Waals surface area contributed by atoms with E-state index in [0.717, 1.165) is 12.8 Å². The summed E-state index contributed by atoms with van der Waals surface area (Å²) in [6.07, 6.45) is 1.45. The Kier molecular flexibility index (Phi) is 3.63. The maximum absolute atomic E-state index is 10.7. The second-order valence-corrected chi connectivity index (χ2v) is 7.16. The van der Waals surface area contributed by atoms with Crippen molar-refractivity contribution in [2.45, 2.75) is 70.6 Å². The van der Waals surface area contributed by atoms with Crippen molar-refractivity contribution in [3.63, 3.8) is 0 Å². The molecule has 2 fully saturated rings. The van der Waals surface area contributed by atoms with Crippen molar-refractivity contribution in [1.29, 1.82) is 0 Å². The smallest absolute Gasteiger partial charge is 0.117 e. The zero-order chi connectivity index (χ0) is 15.3. The van der Waals surface area contributed by atoms with E-state index in [-0.39, 0.29) is 17.8 Å². The van der Waals surface area contributed by atoms with Gasteiger partial charge in [-0.2, -0.15) is 0 Å². The summed E-state index contributed by atoms with van der Waals surface area (Å²) in [5, 5.41) is 10.7. The zero-order valence-corrected chi connectivity index (χ0v) is 13.4. The molecule has 3 heteroatoms. The Hall–Kier alpha value is -0.900. The summed E-state index contributed by atoms with van der Waals surface area (Å²) in [5.74, 6) is 0.461. The van der Waals surface area contributed by atoms with Crippen molar-refractivity contribution in [2.75, 3.05) is 0 Å². The van der Waals surface area contributed by atoms with Gasteiger partial charge in [-0.3, -0.25) is 0 Å². The lowest BCUT2D eigenvalue weighted by molar-refractivity contribution is -0.127. The molecule has 21 heavy (non-hydrogen) atoms. The fraction of sp³-hybridized carbons (Fsp3) is 0.667. The summed E-state index contributed by atoms with van der Waals surface area (Å²) in [6, 6.07) is 8.22. The van der Waals surface area contributed by atoms with Crippen LogP contribution in [0.5, 0.6) is 0 Å². The van der Waals surface area contributed by atoms with Crippen molar-refractivity contribution in [3.8, 4) is 0 Å². The highest BCUT2D eigenvalue weighted by Crippen LogP contribution is 2.55. The Bertz CT molecular complexity index is 523. The molecular formula is C18H26O3. The molecule has 0 amide bonds. The van der Waals surface area contributed by atoms with Gasteiger partial charge in [-0.05, 0) is 43.7 Å². The summed E-state index contributed by atoms with van der Waals surface area (Å²) < 4.78 is 12.1. The number of hydrogen-bond acceptors (Lipinski definition) is 3. The molecule has 0 aromatic heterocycles. The molecule has 0 bridgehead atoms. The number of hydrogen-bond donors (Lipinski definition) is 1. The van der Waals surface area contributed by atoms with Gasteiger partial charge in [0.2, 0.25) is 0 Å². The molecule has 0 spiro atoms. The minimum Gasteiger partial charge on any atom is -0.387 e. The number of epoxide rings is 1. The Morgan fingerprint density at radius 1 is 1.33 bits per heavy atom. The Labute approximate surface area is 127 Å². The van der Waals surface area contributed by atoms with Crippen molar-refractivity contribution in [1.82, 2.24) is 0 Å². The summed E-state index contributed by atoms with van der Waals surface area (Å²) >= 11 is 0. The van der Waals surface area contributed by atoms with Crippen molar-refractivity contribution in [3.05, 3.63) is 35.4 Å². The van der Waals surface area contributed by atoms with Crippen LogP contribution in [0.15, 0.2) is 24.3 Å². The third-order valence-corrected chi connectivity index (χ3v) is 5.34. The Morgan fingerprint density at radius 2 is 2.05 bits per heavy atom. The van der Waals surface area contributed by atoms with Crippen LogP contribution in [0.25, 0.3) is 0 Å². The van der Waals surface area contributed by atoms with Crippen LogP contribution in [0.4, 0.5) is 0 Å². The third-order valence-electron chi connectivity index (χ3n) is 5.34. The quantitative estimate of drug-likeness (QED) is 0.866. The van der Waals surface area contributed by atoms with Gasteiger partial charge in [-0.25, -0.2) is 0 Å². The van der Waals surface area contributed by atoms with E-state index in [2.05, 4.69) is 32.9 Å². The van der Waals surface area contributed by atoms with E-state index in [1.54, 1.807) is 0 Å². The molecule has 1 heterocycles. The molecule has 0 unspecified atom stereocenters. The highest BCUT2D eigenvalue weighted by atomic mass is 16.6. The summed E-state index contributed by atoms with van der Waals surface area (Å²) in [5.41, 5.74) is 1.52. The average molecular weight is 290 g/mol. The van der Waals surface area contributed by atoms with Crippen LogP contribution in [0.1, 0.15) is 44.7 Å². The van der Waals surface area contributed by atoms with E-state index in [9.17, 15) is 5.11 Å². The maximum atomic E-state index is 10.7. The van der Waals surface area contributed by atoms with Crippen LogP contribution < -0.4 is 0 Å². The van der Waals surface area contributed by atoms with Gasteiger partial charge in [0.1, 0.15) is 12.2 Å². The standard InChI is InChI=1S/C18H26O3/c1-12(2)18-10-9-17(4,19)15(16(18)21-18)20-11-14-8-6-5-7-13(14)3/h5-8,12,15-16,19H,9-11H2,1-4H3/t15-,16+,17+,18+/m1/s1. The first kappa shape index (κ1) is 15.0. The molecule has 116 valence electrons. The minimum absolute atomic E-state index is 0.0327. The first-order chi connectivity index (χ1) is 9.87. The molecule has 1 aromatic carbocycles. The van der Waals surface area contributed by atoms with Gasteiger partial charge in [-0.15, -0.1) is 0 Å². The minimum atomic E-state index is -0.803. The van der Waals surface area contributed by atoms with Crippen molar-refractivity contribution < 1.29 is 14.6 Å². The molecule has 3 nitrogen and oxygen atoms in total. The van der Waals surface area contributed by atoms with Gasteiger partial charge in [-0.1, -0.05) is 38.1 Å². The summed E-state index contributed by atoms with van der Waals surface area (Å²) in [6.45, 7) is 8.88. The number of rotatable bonds is 4. The largest absolute Gasteiger partial charge is 0.387 e. The van der Waals surface area contributed by atoms with Gasteiger partial charge in [0.25, 0.3) is 0 Å². The highest BCUT2D eigenvalue weighted by molar-refractivity contribution is 5.25. The number of ether oxygens (including phenoxy) is 2. The lowest BCUT2D eigenvalue weighted by Crippen LogP contribution is -2.52. The van der Waals surface area contributed by atoms with Crippen LogP contribution in [-0.2, 0) is 16.1 Å². The number of fused-ring (bicyclic) bond motifs is 1. The average Bonchev–Trinajstić information content (AvgIpc) is 3.15. The fourth-order valence-electron chi connectivity index (χ4n) is 3.61. The second kappa shape index (κ2) is 5.08. The molecule has 4 atom stereocenters. The molecule has 2 aliphatic rings. The molecule has 1 N–H and O–H groups in total. The van der Waals surface area contributed by atoms with E-state index in [1.807, 2.05) is 19.1 Å². The van der Waals surface area contributed by atoms with E-state index >= 15 is 0 Å². The Balaban J connectivity index is 1.73. The molecule has 1 saturated carbocycles. The fourth-order valence-corrected chi connectivity index (χ4v) is 3.61. The van der Waals surface area contributed by atoms with Gasteiger partial charge in [0, 0.05) is 0 Å². The van der Waals surface area contributed by atoms with Crippen molar-refractivity contribution in [2.24, 2.45) is 5.92 Å². The number of benzene rings is 1. The maximum Gasteiger partial charge on any atom is 0.117 e. The Morgan fingerprint density at radius 3 is 2.71 bits per heavy atom. The molecule has 1 aliphatic heterocycles. The SMILES string of the molecule is Cc1ccccc1CO[C@@H]1[C@@H]2O[C@]2(C(C)C)CC[C@]1(C)O. The van der Waals surface area contributed by atoms with Crippen LogP contribution in [0.3, 0.4) is 0 Å². The first-order valence-electron chi connectivity index (χ1n) is 7.93. The normalized spacial score (nSPS) is 38.4. The number of aryl methyl sites for hydroxylation is 1. The van der Waals surface area contributed by atoms with Gasteiger partial charge in [0.15, 0.2) is 0 Å². The van der Waals surface area contributed by atoms with Crippen LogP contribution in [0.2, 0.25) is 0 Å². The molecule has 0 radical (unpaired) electrons. The van der Waals surface area contributed by atoms with Crippen LogP contribution in [0, 0.1) is 12.8 Å². The van der Waals surface area contributed by atoms with E-state index in [1.165, 1.54) is 11.1 Å². The van der Waals surface area contributed by atoms with Crippen molar-refractivity contribution >= 4 is 0 Å². The molecule has 1 aliphatic carbocycles. The van der Waals surface area contributed by atoms with Gasteiger partial charge >= 0.3 is 0 Å². The van der Waals surface area contributed by atoms with E-state index < -0.39 is 5.60 Å². The van der Waals surface area contributed by atoms with Gasteiger partial charge in [0.05, 0.1) is 17.8 Å². The molecule has 3 rings (SSSR count). The van der Waals surface area contributed by atoms with E-state index in [0.29, 0.717) is 12.5 Å². The monoisotopic (exact) mass is 290 g/mol. The lowest BCUT2D eigenvalue weighted by Gasteiger charge is -2.38. The molecular weight excluding hydrogens is 264 g/mol. The zero-order valence-electron chi connectivity index (χ0n) is 13.4. The van der Waals surface area contributed by atoms with E-state index in [4.69, 9.17) is 9.47 Å².